The lowest BCUT2D eigenvalue weighted by molar-refractivity contribution is 0.0599. The lowest BCUT2D eigenvalue weighted by Gasteiger charge is -2.07. The number of aromatic nitrogens is 3. The first kappa shape index (κ1) is 20.2. The van der Waals surface area contributed by atoms with Gasteiger partial charge in [0.25, 0.3) is 5.22 Å². The molecule has 2 aromatic heterocycles. The summed E-state index contributed by atoms with van der Waals surface area (Å²) in [5.41, 5.74) is 2.64. The molecule has 28 heavy (non-hydrogen) atoms. The Kier molecular flexibility index (Phi) is 5.90. The molecule has 9 heteroatoms. The van der Waals surface area contributed by atoms with Crippen LogP contribution in [0.15, 0.2) is 33.9 Å². The van der Waals surface area contributed by atoms with Gasteiger partial charge in [-0.25, -0.2) is 4.79 Å². The predicted molar refractivity (Wildman–Crippen MR) is 106 cm³/mol. The van der Waals surface area contributed by atoms with E-state index >= 15 is 0 Å². The summed E-state index contributed by atoms with van der Waals surface area (Å²) in [5, 5.41) is 8.39. The monoisotopic (exact) mass is 419 g/mol. The van der Waals surface area contributed by atoms with Crippen LogP contribution in [0.3, 0.4) is 0 Å². The molecule has 7 nitrogen and oxygen atoms in total. The van der Waals surface area contributed by atoms with Gasteiger partial charge in [-0.15, -0.1) is 10.2 Å². The lowest BCUT2D eigenvalue weighted by atomic mass is 10.1. The van der Waals surface area contributed by atoms with Crippen molar-refractivity contribution in [1.29, 1.82) is 0 Å². The van der Waals surface area contributed by atoms with E-state index in [0.717, 1.165) is 17.3 Å². The number of nitrogens with one attached hydrogen (secondary N) is 1. The van der Waals surface area contributed by atoms with Crippen LogP contribution in [0.5, 0.6) is 0 Å². The molecule has 0 saturated heterocycles. The van der Waals surface area contributed by atoms with Gasteiger partial charge in [0.2, 0.25) is 5.89 Å². The number of esters is 1. The molecule has 0 radical (unpaired) electrons. The van der Waals surface area contributed by atoms with Crippen molar-refractivity contribution in [3.05, 3.63) is 51.8 Å². The maximum Gasteiger partial charge on any atom is 0.339 e. The minimum absolute atomic E-state index is 0.174. The Morgan fingerprint density at radius 1 is 1.21 bits per heavy atom. The molecule has 0 aliphatic carbocycles. The zero-order chi connectivity index (χ0) is 20.4. The van der Waals surface area contributed by atoms with Crippen molar-refractivity contribution in [3.63, 3.8) is 0 Å². The number of hydrogen-bond donors (Lipinski definition) is 1. The van der Waals surface area contributed by atoms with Crippen LogP contribution in [0.25, 0.3) is 11.5 Å². The maximum absolute atomic E-state index is 12.9. The molecular weight excluding hydrogens is 402 g/mol. The minimum atomic E-state index is -0.499. The minimum Gasteiger partial charge on any atom is -0.465 e. The molecule has 0 aliphatic rings. The molecule has 0 unspecified atom stereocenters. The van der Waals surface area contributed by atoms with E-state index < -0.39 is 11.2 Å². The number of aryl methyl sites for hydroxylation is 1. The Hall–Kier alpha value is -2.58. The van der Waals surface area contributed by atoms with E-state index in [9.17, 15) is 9.59 Å². The van der Waals surface area contributed by atoms with Gasteiger partial charge in [0.1, 0.15) is 0 Å². The molecule has 2 heterocycles. The SMILES string of the molecule is COC(=O)c1c(C)[nH]c(C(=O)[C@@H](C)Sc2nnc(-c3ccc(Cl)cc3)o2)c1C. The third-order valence-corrected chi connectivity index (χ3v) is 5.40. The van der Waals surface area contributed by atoms with Crippen LogP contribution in [0.2, 0.25) is 5.02 Å². The first-order valence-electron chi connectivity index (χ1n) is 8.39. The molecule has 1 aromatic carbocycles. The number of rotatable bonds is 6. The van der Waals surface area contributed by atoms with Crippen LogP contribution < -0.4 is 0 Å². The quantitative estimate of drug-likeness (QED) is 0.357. The number of methoxy groups -OCH3 is 1. The molecule has 0 spiro atoms. The van der Waals surface area contributed by atoms with E-state index in [1.165, 1.54) is 7.11 Å². The Morgan fingerprint density at radius 2 is 1.89 bits per heavy atom. The smallest absolute Gasteiger partial charge is 0.339 e. The lowest BCUT2D eigenvalue weighted by Crippen LogP contribution is -2.15. The zero-order valence-corrected chi connectivity index (χ0v) is 17.3. The van der Waals surface area contributed by atoms with E-state index in [4.69, 9.17) is 20.8 Å². The molecule has 3 aromatic rings. The maximum atomic E-state index is 12.9. The van der Waals surface area contributed by atoms with Crippen molar-refractivity contribution in [2.75, 3.05) is 7.11 Å². The zero-order valence-electron chi connectivity index (χ0n) is 15.7. The number of H-pyrrole nitrogens is 1. The number of carbonyl (C=O) groups excluding carboxylic acids is 2. The second kappa shape index (κ2) is 8.20. The number of Topliss-reactive ketones (excluding diaryl/α,β-unsaturated/α-hetero) is 1. The standard InChI is InChI=1S/C19H18ClN3O4S/c1-9-14(18(25)26-4)10(2)21-15(9)16(24)11(3)28-19-23-22-17(27-19)12-5-7-13(20)8-6-12/h5-8,11,21H,1-4H3/t11-/m1/s1. The number of benzene rings is 1. The highest BCUT2D eigenvalue weighted by Crippen LogP contribution is 2.29. The van der Waals surface area contributed by atoms with Gasteiger partial charge < -0.3 is 14.1 Å². The van der Waals surface area contributed by atoms with Crippen molar-refractivity contribution in [1.82, 2.24) is 15.2 Å². The average molecular weight is 420 g/mol. The topological polar surface area (TPSA) is 98.1 Å². The van der Waals surface area contributed by atoms with Gasteiger partial charge in [0.15, 0.2) is 5.78 Å². The number of nitrogens with zero attached hydrogens (tertiary/aromatic N) is 2. The third-order valence-electron chi connectivity index (χ3n) is 4.22. The van der Waals surface area contributed by atoms with Crippen molar-refractivity contribution in [3.8, 4) is 11.5 Å². The van der Waals surface area contributed by atoms with Crippen molar-refractivity contribution in [2.45, 2.75) is 31.2 Å². The van der Waals surface area contributed by atoms with Gasteiger partial charge in [0, 0.05) is 16.3 Å². The average Bonchev–Trinajstić information content (AvgIpc) is 3.25. The van der Waals surface area contributed by atoms with E-state index in [2.05, 4.69) is 15.2 Å². The molecule has 0 bridgehead atoms. The summed E-state index contributed by atoms with van der Waals surface area (Å²) in [5.74, 6) is -0.305. The third kappa shape index (κ3) is 3.98. The first-order chi connectivity index (χ1) is 13.3. The van der Waals surface area contributed by atoms with Crippen LogP contribution in [-0.2, 0) is 4.74 Å². The predicted octanol–water partition coefficient (Wildman–Crippen LogP) is 4.49. The fourth-order valence-corrected chi connectivity index (χ4v) is 3.65. The second-order valence-corrected chi connectivity index (χ2v) is 7.85. The van der Waals surface area contributed by atoms with E-state index in [0.29, 0.717) is 33.4 Å². The number of carbonyl (C=O) groups is 2. The Bertz CT molecular complexity index is 1030. The van der Waals surface area contributed by atoms with Gasteiger partial charge in [-0.3, -0.25) is 4.79 Å². The van der Waals surface area contributed by atoms with Gasteiger partial charge in [-0.2, -0.15) is 0 Å². The molecule has 1 N–H and O–H groups in total. The summed E-state index contributed by atoms with van der Waals surface area (Å²) in [4.78, 5) is 27.8. The molecule has 0 aliphatic heterocycles. The van der Waals surface area contributed by atoms with Gasteiger partial charge in [0.05, 0.1) is 23.6 Å². The normalized spacial score (nSPS) is 12.0. The Labute approximate surface area is 170 Å². The van der Waals surface area contributed by atoms with E-state index in [1.54, 1.807) is 45.0 Å². The number of hydrogen-bond acceptors (Lipinski definition) is 7. The summed E-state index contributed by atoms with van der Waals surface area (Å²) in [6.07, 6.45) is 0. The number of thioether (sulfide) groups is 1. The van der Waals surface area contributed by atoms with Crippen LogP contribution in [0.4, 0.5) is 0 Å². The van der Waals surface area contributed by atoms with Crippen LogP contribution >= 0.6 is 23.4 Å². The van der Waals surface area contributed by atoms with Gasteiger partial charge in [-0.1, -0.05) is 23.4 Å². The fourth-order valence-electron chi connectivity index (χ4n) is 2.78. The summed E-state index contributed by atoms with van der Waals surface area (Å²) in [6.45, 7) is 5.18. The molecule has 0 amide bonds. The largest absolute Gasteiger partial charge is 0.465 e. The molecule has 0 saturated carbocycles. The van der Waals surface area contributed by atoms with Crippen LogP contribution in [0, 0.1) is 13.8 Å². The highest BCUT2D eigenvalue weighted by Gasteiger charge is 2.27. The molecular formula is C19H18ClN3O4S. The summed E-state index contributed by atoms with van der Waals surface area (Å²) in [7, 11) is 1.31. The van der Waals surface area contributed by atoms with Gasteiger partial charge in [-0.05, 0) is 50.6 Å². The fraction of sp³-hybridized carbons (Fsp3) is 0.263. The molecule has 3 rings (SSSR count). The number of ether oxygens (including phenoxy) is 1. The van der Waals surface area contributed by atoms with E-state index in [1.807, 2.05) is 0 Å². The number of halogens is 1. The van der Waals surface area contributed by atoms with Crippen LogP contribution in [0.1, 0.15) is 39.0 Å². The highest BCUT2D eigenvalue weighted by atomic mass is 35.5. The molecule has 0 fully saturated rings. The highest BCUT2D eigenvalue weighted by molar-refractivity contribution is 8.00. The first-order valence-corrected chi connectivity index (χ1v) is 9.65. The van der Waals surface area contributed by atoms with Gasteiger partial charge >= 0.3 is 5.97 Å². The van der Waals surface area contributed by atoms with Crippen LogP contribution in [-0.4, -0.2) is 39.3 Å². The van der Waals surface area contributed by atoms with E-state index in [-0.39, 0.29) is 11.0 Å². The second-order valence-electron chi connectivity index (χ2n) is 6.12. The summed E-state index contributed by atoms with van der Waals surface area (Å²) >= 11 is 7.03. The Balaban J connectivity index is 1.77. The molecule has 146 valence electrons. The van der Waals surface area contributed by atoms with Crippen molar-refractivity contribution < 1.29 is 18.7 Å². The number of aromatic amines is 1. The number of ketones is 1. The summed E-state index contributed by atoms with van der Waals surface area (Å²) in [6, 6.07) is 7.02. The Morgan fingerprint density at radius 3 is 2.54 bits per heavy atom. The van der Waals surface area contributed by atoms with Crippen molar-refractivity contribution >= 4 is 35.1 Å². The van der Waals surface area contributed by atoms with Crippen molar-refractivity contribution in [2.24, 2.45) is 0 Å². The summed E-state index contributed by atoms with van der Waals surface area (Å²) < 4.78 is 10.4. The molecule has 1 atom stereocenters.